The average Bonchev–Trinajstić information content (AvgIpc) is 1.99. The molecule has 2 N–H and O–H groups in total. The molecule has 1 amide bonds. The maximum absolute atomic E-state index is 11.5. The SMILES string of the molecule is CC(S)C(C(=O)NCCO)C(C)S. The third kappa shape index (κ3) is 4.78. The van der Waals surface area contributed by atoms with Crippen LogP contribution in [-0.2, 0) is 4.79 Å². The summed E-state index contributed by atoms with van der Waals surface area (Å²) in [6.07, 6.45) is 0. The first-order chi connectivity index (χ1) is 6.00. The van der Waals surface area contributed by atoms with Crippen molar-refractivity contribution in [2.45, 2.75) is 24.3 Å². The van der Waals surface area contributed by atoms with Crippen LogP contribution in [0.25, 0.3) is 0 Å². The summed E-state index contributed by atoms with van der Waals surface area (Å²) in [5.74, 6) is -0.322. The molecule has 2 unspecified atom stereocenters. The highest BCUT2D eigenvalue weighted by Crippen LogP contribution is 2.18. The van der Waals surface area contributed by atoms with Gasteiger partial charge in [-0.2, -0.15) is 25.3 Å². The smallest absolute Gasteiger partial charge is 0.225 e. The number of aliphatic hydroxyl groups excluding tert-OH is 1. The monoisotopic (exact) mass is 223 g/mol. The van der Waals surface area contributed by atoms with Gasteiger partial charge in [0.05, 0.1) is 12.5 Å². The van der Waals surface area contributed by atoms with Crippen molar-refractivity contribution in [3.63, 3.8) is 0 Å². The van der Waals surface area contributed by atoms with Crippen molar-refractivity contribution in [3.8, 4) is 0 Å². The Morgan fingerprint density at radius 2 is 1.85 bits per heavy atom. The van der Waals surface area contributed by atoms with E-state index in [1.807, 2.05) is 13.8 Å². The molecule has 0 aliphatic rings. The Hall–Kier alpha value is 0.130. The molecule has 78 valence electrons. The first kappa shape index (κ1) is 13.1. The van der Waals surface area contributed by atoms with Gasteiger partial charge in [-0.05, 0) is 0 Å². The zero-order chi connectivity index (χ0) is 10.4. The first-order valence-electron chi connectivity index (χ1n) is 4.25. The number of aliphatic hydroxyl groups is 1. The number of nitrogens with one attached hydrogen (secondary N) is 1. The molecule has 5 heteroatoms. The lowest BCUT2D eigenvalue weighted by Gasteiger charge is -2.22. The minimum atomic E-state index is -0.224. The van der Waals surface area contributed by atoms with Crippen molar-refractivity contribution in [2.24, 2.45) is 5.92 Å². The van der Waals surface area contributed by atoms with Gasteiger partial charge >= 0.3 is 0 Å². The van der Waals surface area contributed by atoms with Crippen LogP contribution in [0.4, 0.5) is 0 Å². The third-order valence-electron chi connectivity index (χ3n) is 1.75. The minimum absolute atomic E-state index is 0.0359. The van der Waals surface area contributed by atoms with Gasteiger partial charge < -0.3 is 10.4 Å². The van der Waals surface area contributed by atoms with Crippen molar-refractivity contribution in [2.75, 3.05) is 13.2 Å². The Morgan fingerprint density at radius 3 is 2.15 bits per heavy atom. The number of hydrogen-bond acceptors (Lipinski definition) is 4. The van der Waals surface area contributed by atoms with Crippen LogP contribution in [0.2, 0.25) is 0 Å². The molecule has 2 atom stereocenters. The lowest BCUT2D eigenvalue weighted by Crippen LogP contribution is -2.40. The van der Waals surface area contributed by atoms with Crippen LogP contribution in [0, 0.1) is 5.92 Å². The van der Waals surface area contributed by atoms with Crippen LogP contribution >= 0.6 is 25.3 Å². The molecule has 0 aromatic carbocycles. The molecule has 0 saturated heterocycles. The maximum Gasteiger partial charge on any atom is 0.225 e. The van der Waals surface area contributed by atoms with E-state index in [0.717, 1.165) is 0 Å². The van der Waals surface area contributed by atoms with Gasteiger partial charge in [0.1, 0.15) is 0 Å². The van der Waals surface area contributed by atoms with Gasteiger partial charge in [-0.25, -0.2) is 0 Å². The Bertz CT molecular complexity index is 154. The van der Waals surface area contributed by atoms with Gasteiger partial charge in [-0.15, -0.1) is 0 Å². The second-order valence-corrected chi connectivity index (χ2v) is 4.65. The van der Waals surface area contributed by atoms with Gasteiger partial charge in [0, 0.05) is 17.0 Å². The highest BCUT2D eigenvalue weighted by Gasteiger charge is 2.26. The Balaban J connectivity index is 4.13. The fourth-order valence-electron chi connectivity index (χ4n) is 1.14. The molecule has 0 heterocycles. The van der Waals surface area contributed by atoms with E-state index in [-0.39, 0.29) is 35.5 Å². The van der Waals surface area contributed by atoms with Crippen molar-refractivity contribution in [1.82, 2.24) is 5.32 Å². The molecule has 0 spiro atoms. The molecule has 3 nitrogen and oxygen atoms in total. The van der Waals surface area contributed by atoms with Gasteiger partial charge in [-0.3, -0.25) is 4.79 Å². The highest BCUT2D eigenvalue weighted by molar-refractivity contribution is 7.82. The summed E-state index contributed by atoms with van der Waals surface area (Å²) in [5.41, 5.74) is 0. The third-order valence-corrected chi connectivity index (χ3v) is 2.40. The van der Waals surface area contributed by atoms with Crippen molar-refractivity contribution < 1.29 is 9.90 Å². The summed E-state index contributed by atoms with van der Waals surface area (Å²) >= 11 is 8.44. The lowest BCUT2D eigenvalue weighted by molar-refractivity contribution is -0.124. The number of amides is 1. The summed E-state index contributed by atoms with van der Waals surface area (Å²) in [7, 11) is 0. The van der Waals surface area contributed by atoms with Gasteiger partial charge in [0.25, 0.3) is 0 Å². The molecule has 0 aliphatic heterocycles. The van der Waals surface area contributed by atoms with Crippen LogP contribution in [0.5, 0.6) is 0 Å². The topological polar surface area (TPSA) is 49.3 Å². The first-order valence-corrected chi connectivity index (χ1v) is 5.28. The summed E-state index contributed by atoms with van der Waals surface area (Å²) in [6, 6.07) is 0. The normalized spacial score (nSPS) is 17.6. The molecular weight excluding hydrogens is 206 g/mol. The molecule has 0 aromatic heterocycles. The number of rotatable bonds is 5. The van der Waals surface area contributed by atoms with E-state index >= 15 is 0 Å². The maximum atomic E-state index is 11.5. The fraction of sp³-hybridized carbons (Fsp3) is 0.875. The van der Waals surface area contributed by atoms with Gasteiger partial charge in [0.2, 0.25) is 5.91 Å². The Kier molecular flexibility index (Phi) is 6.63. The van der Waals surface area contributed by atoms with Crippen molar-refractivity contribution in [3.05, 3.63) is 0 Å². The van der Waals surface area contributed by atoms with Crippen LogP contribution in [0.3, 0.4) is 0 Å². The predicted molar refractivity (Wildman–Crippen MR) is 60.5 cm³/mol. The molecule has 0 fully saturated rings. The summed E-state index contributed by atoms with van der Waals surface area (Å²) in [5, 5.41) is 11.1. The van der Waals surface area contributed by atoms with Crippen LogP contribution in [0.15, 0.2) is 0 Å². The zero-order valence-corrected chi connectivity index (χ0v) is 9.69. The molecule has 0 aromatic rings. The largest absolute Gasteiger partial charge is 0.395 e. The van der Waals surface area contributed by atoms with Crippen LogP contribution in [-0.4, -0.2) is 34.7 Å². The van der Waals surface area contributed by atoms with E-state index in [9.17, 15) is 4.79 Å². The van der Waals surface area contributed by atoms with Crippen molar-refractivity contribution in [1.29, 1.82) is 0 Å². The van der Waals surface area contributed by atoms with Gasteiger partial charge in [0.15, 0.2) is 0 Å². The summed E-state index contributed by atoms with van der Waals surface area (Å²) < 4.78 is 0. The second kappa shape index (κ2) is 6.56. The Labute approximate surface area is 90.1 Å². The molecule has 0 aliphatic carbocycles. The summed E-state index contributed by atoms with van der Waals surface area (Å²) in [4.78, 5) is 11.5. The average molecular weight is 223 g/mol. The number of thiol groups is 2. The van der Waals surface area contributed by atoms with E-state index in [1.54, 1.807) is 0 Å². The number of carbonyl (C=O) groups excluding carboxylic acids is 1. The molecule has 0 rings (SSSR count). The number of carbonyl (C=O) groups is 1. The summed E-state index contributed by atoms with van der Waals surface area (Å²) in [6.45, 7) is 3.97. The standard InChI is InChI=1S/C8H17NO2S2/c1-5(12)7(6(2)13)8(11)9-3-4-10/h5-7,10,12-13H,3-4H2,1-2H3,(H,9,11). The van der Waals surface area contributed by atoms with E-state index < -0.39 is 0 Å². The lowest BCUT2D eigenvalue weighted by atomic mass is 10.0. The highest BCUT2D eigenvalue weighted by atomic mass is 32.1. The zero-order valence-electron chi connectivity index (χ0n) is 7.90. The number of hydrogen-bond donors (Lipinski definition) is 4. The minimum Gasteiger partial charge on any atom is -0.395 e. The Morgan fingerprint density at radius 1 is 1.38 bits per heavy atom. The van der Waals surface area contributed by atoms with Crippen molar-refractivity contribution >= 4 is 31.2 Å². The van der Waals surface area contributed by atoms with E-state index in [4.69, 9.17) is 5.11 Å². The quantitative estimate of drug-likeness (QED) is 0.508. The molecule has 0 bridgehead atoms. The van der Waals surface area contributed by atoms with Crippen LogP contribution in [0.1, 0.15) is 13.8 Å². The van der Waals surface area contributed by atoms with E-state index in [1.165, 1.54) is 0 Å². The fourth-order valence-corrected chi connectivity index (χ4v) is 2.06. The van der Waals surface area contributed by atoms with Gasteiger partial charge in [-0.1, -0.05) is 13.8 Å². The molecule has 0 radical (unpaired) electrons. The predicted octanol–water partition coefficient (Wildman–Crippen LogP) is 0.348. The second-order valence-electron chi connectivity index (χ2n) is 3.02. The molecule has 13 heavy (non-hydrogen) atoms. The molecule has 0 saturated carbocycles. The molecular formula is C8H17NO2S2. The van der Waals surface area contributed by atoms with E-state index in [0.29, 0.717) is 0 Å². The van der Waals surface area contributed by atoms with Crippen LogP contribution < -0.4 is 5.32 Å². The van der Waals surface area contributed by atoms with E-state index in [2.05, 4.69) is 30.6 Å².